The van der Waals surface area contributed by atoms with Gasteiger partial charge in [0, 0.05) is 11.6 Å². The first kappa shape index (κ1) is 16.3. The number of aromatic nitrogens is 1. The molecular weight excluding hydrogens is 326 g/mol. The molecule has 0 amide bonds. The molecule has 24 heavy (non-hydrogen) atoms. The van der Waals surface area contributed by atoms with Gasteiger partial charge in [-0.2, -0.15) is 0 Å². The molecule has 0 aliphatic heterocycles. The van der Waals surface area contributed by atoms with Crippen LogP contribution in [0.4, 0.5) is 0 Å². The lowest BCUT2D eigenvalue weighted by molar-refractivity contribution is -0.142. The smallest absolute Gasteiger partial charge is 0.310 e. The molecule has 0 fully saturated rings. The highest BCUT2D eigenvalue weighted by Gasteiger charge is 2.21. The van der Waals surface area contributed by atoms with Gasteiger partial charge in [0.05, 0.1) is 23.4 Å². The van der Waals surface area contributed by atoms with Crippen LogP contribution in [0.3, 0.4) is 0 Å². The third kappa shape index (κ3) is 2.92. The van der Waals surface area contributed by atoms with Crippen molar-refractivity contribution in [3.63, 3.8) is 0 Å². The minimum absolute atomic E-state index is 0.0334. The first-order valence-electron chi connectivity index (χ1n) is 7.59. The Balaban J connectivity index is 2.14. The van der Waals surface area contributed by atoms with Crippen LogP contribution >= 0.6 is 0 Å². The number of benzene rings is 2. The quantitative estimate of drug-likeness (QED) is 0.668. The predicted molar refractivity (Wildman–Crippen MR) is 91.3 cm³/mol. The van der Waals surface area contributed by atoms with Crippen molar-refractivity contribution in [1.29, 1.82) is 0 Å². The van der Waals surface area contributed by atoms with Crippen LogP contribution in [-0.2, 0) is 26.0 Å². The summed E-state index contributed by atoms with van der Waals surface area (Å²) in [7, 11) is -3.73. The number of hydrogen-bond acceptors (Lipinski definition) is 4. The van der Waals surface area contributed by atoms with Crippen molar-refractivity contribution in [2.45, 2.75) is 18.2 Å². The van der Waals surface area contributed by atoms with Gasteiger partial charge in [0.15, 0.2) is 0 Å². The fourth-order valence-corrected chi connectivity index (χ4v) is 4.04. The molecule has 0 saturated carbocycles. The summed E-state index contributed by atoms with van der Waals surface area (Å²) >= 11 is 0. The van der Waals surface area contributed by atoms with Gasteiger partial charge in [-0.25, -0.2) is 12.4 Å². The SMILES string of the molecule is CCOC(=O)Cc1cn(S(=O)(=O)c2ccccc2)c2ccccc12. The topological polar surface area (TPSA) is 65.4 Å². The summed E-state index contributed by atoms with van der Waals surface area (Å²) in [5.41, 5.74) is 1.17. The molecule has 0 aliphatic carbocycles. The second-order valence-corrected chi connectivity index (χ2v) is 7.08. The van der Waals surface area contributed by atoms with E-state index in [0.717, 1.165) is 5.39 Å². The molecule has 0 radical (unpaired) electrons. The maximum atomic E-state index is 12.9. The molecule has 1 aromatic heterocycles. The van der Waals surface area contributed by atoms with Gasteiger partial charge in [-0.05, 0) is 30.7 Å². The van der Waals surface area contributed by atoms with Crippen molar-refractivity contribution >= 4 is 26.9 Å². The van der Waals surface area contributed by atoms with Gasteiger partial charge in [0.25, 0.3) is 10.0 Å². The number of fused-ring (bicyclic) bond motifs is 1. The van der Waals surface area contributed by atoms with E-state index >= 15 is 0 Å². The highest BCUT2D eigenvalue weighted by atomic mass is 32.2. The second-order valence-electron chi connectivity index (χ2n) is 5.27. The molecule has 3 rings (SSSR count). The summed E-state index contributed by atoms with van der Waals surface area (Å²) in [4.78, 5) is 12.0. The second kappa shape index (κ2) is 6.49. The monoisotopic (exact) mass is 343 g/mol. The molecule has 3 aromatic rings. The molecule has 6 heteroatoms. The summed E-state index contributed by atoms with van der Waals surface area (Å²) in [6, 6.07) is 15.3. The average molecular weight is 343 g/mol. The molecule has 124 valence electrons. The van der Waals surface area contributed by atoms with E-state index in [4.69, 9.17) is 4.74 Å². The Bertz CT molecular complexity index is 975. The number of nitrogens with zero attached hydrogens (tertiary/aromatic N) is 1. The highest BCUT2D eigenvalue weighted by molar-refractivity contribution is 7.90. The summed E-state index contributed by atoms with van der Waals surface area (Å²) in [6.45, 7) is 2.03. The van der Waals surface area contributed by atoms with Crippen LogP contribution in [0.1, 0.15) is 12.5 Å². The highest BCUT2D eigenvalue weighted by Crippen LogP contribution is 2.26. The van der Waals surface area contributed by atoms with E-state index in [1.807, 2.05) is 6.07 Å². The number of rotatable bonds is 5. The van der Waals surface area contributed by atoms with Crippen LogP contribution in [-0.4, -0.2) is 25.0 Å². The molecule has 0 aliphatic rings. The largest absolute Gasteiger partial charge is 0.466 e. The zero-order valence-electron chi connectivity index (χ0n) is 13.2. The Morgan fingerprint density at radius 3 is 2.42 bits per heavy atom. The van der Waals surface area contributed by atoms with Gasteiger partial charge in [0.2, 0.25) is 0 Å². The molecule has 0 saturated heterocycles. The molecule has 0 N–H and O–H groups in total. The number of carbonyl (C=O) groups is 1. The van der Waals surface area contributed by atoms with E-state index in [0.29, 0.717) is 17.7 Å². The van der Waals surface area contributed by atoms with Crippen molar-refractivity contribution in [3.05, 3.63) is 66.4 Å². The number of para-hydroxylation sites is 1. The van der Waals surface area contributed by atoms with Crippen molar-refractivity contribution in [1.82, 2.24) is 3.97 Å². The van der Waals surface area contributed by atoms with Crippen LogP contribution in [0.15, 0.2) is 65.7 Å². The van der Waals surface area contributed by atoms with Gasteiger partial charge < -0.3 is 4.74 Å². The Labute approximate surface area is 140 Å². The Kier molecular flexibility index (Phi) is 4.40. The Hall–Kier alpha value is -2.60. The fourth-order valence-electron chi connectivity index (χ4n) is 2.63. The summed E-state index contributed by atoms with van der Waals surface area (Å²) < 4.78 is 32.0. The van der Waals surface area contributed by atoms with Gasteiger partial charge in [-0.3, -0.25) is 4.79 Å². The summed E-state index contributed by atoms with van der Waals surface area (Å²) in [5, 5.41) is 0.727. The maximum absolute atomic E-state index is 12.9. The fraction of sp³-hybridized carbons (Fsp3) is 0.167. The average Bonchev–Trinajstić information content (AvgIpc) is 2.95. The summed E-state index contributed by atoms with van der Waals surface area (Å²) in [6.07, 6.45) is 1.54. The van der Waals surface area contributed by atoms with Crippen LogP contribution in [0.5, 0.6) is 0 Å². The first-order valence-corrected chi connectivity index (χ1v) is 9.03. The molecule has 0 spiro atoms. The van der Waals surface area contributed by atoms with E-state index < -0.39 is 10.0 Å². The molecule has 1 heterocycles. The molecule has 0 bridgehead atoms. The van der Waals surface area contributed by atoms with Crippen LogP contribution in [0, 0.1) is 0 Å². The minimum atomic E-state index is -3.73. The van der Waals surface area contributed by atoms with Gasteiger partial charge in [0.1, 0.15) is 0 Å². The molecule has 0 atom stereocenters. The molecule has 2 aromatic carbocycles. The van der Waals surface area contributed by atoms with Gasteiger partial charge in [-0.1, -0.05) is 36.4 Å². The lowest BCUT2D eigenvalue weighted by atomic mass is 10.1. The van der Waals surface area contributed by atoms with Gasteiger partial charge >= 0.3 is 5.97 Å². The van der Waals surface area contributed by atoms with Crippen molar-refractivity contribution in [2.24, 2.45) is 0 Å². The van der Waals surface area contributed by atoms with Crippen molar-refractivity contribution < 1.29 is 17.9 Å². The third-order valence-electron chi connectivity index (χ3n) is 3.70. The van der Waals surface area contributed by atoms with E-state index in [1.165, 1.54) is 10.2 Å². The zero-order valence-corrected chi connectivity index (χ0v) is 14.0. The van der Waals surface area contributed by atoms with Gasteiger partial charge in [-0.15, -0.1) is 0 Å². The Morgan fingerprint density at radius 2 is 1.71 bits per heavy atom. The van der Waals surface area contributed by atoms with E-state index in [9.17, 15) is 13.2 Å². The maximum Gasteiger partial charge on any atom is 0.310 e. The third-order valence-corrected chi connectivity index (χ3v) is 5.39. The van der Waals surface area contributed by atoms with Crippen LogP contribution < -0.4 is 0 Å². The number of esters is 1. The van der Waals surface area contributed by atoms with E-state index in [2.05, 4.69) is 0 Å². The molecular formula is C18H17NO4S. The lowest BCUT2D eigenvalue weighted by Gasteiger charge is -2.07. The van der Waals surface area contributed by atoms with Crippen molar-refractivity contribution in [2.75, 3.05) is 6.61 Å². The summed E-state index contributed by atoms with van der Waals surface area (Å²) in [5.74, 6) is -0.377. The molecule has 5 nitrogen and oxygen atoms in total. The van der Waals surface area contributed by atoms with Crippen LogP contribution in [0.2, 0.25) is 0 Å². The standard InChI is InChI=1S/C18H17NO4S/c1-2-23-18(20)12-14-13-19(17-11-7-6-10-16(14)17)24(21,22)15-8-4-3-5-9-15/h3-11,13H,2,12H2,1H3. The van der Waals surface area contributed by atoms with E-state index in [1.54, 1.807) is 55.5 Å². The minimum Gasteiger partial charge on any atom is -0.466 e. The van der Waals surface area contributed by atoms with Crippen molar-refractivity contribution in [3.8, 4) is 0 Å². The predicted octanol–water partition coefficient (Wildman–Crippen LogP) is 2.98. The molecule has 0 unspecified atom stereocenters. The zero-order chi connectivity index (χ0) is 17.2. The number of ether oxygens (including phenoxy) is 1. The lowest BCUT2D eigenvalue weighted by Crippen LogP contribution is -2.12. The number of carbonyl (C=O) groups excluding carboxylic acids is 1. The normalized spacial score (nSPS) is 11.5. The van der Waals surface area contributed by atoms with E-state index in [-0.39, 0.29) is 17.3 Å². The first-order chi connectivity index (χ1) is 11.5. The Morgan fingerprint density at radius 1 is 1.04 bits per heavy atom. The van der Waals surface area contributed by atoms with Crippen LogP contribution in [0.25, 0.3) is 10.9 Å². The number of hydrogen-bond donors (Lipinski definition) is 0.